The molecule has 0 unspecified atom stereocenters. The van der Waals surface area contributed by atoms with Gasteiger partial charge >= 0.3 is 0 Å². The molecule has 1 aromatic heterocycles. The molecule has 1 aliphatic rings. The van der Waals surface area contributed by atoms with E-state index in [9.17, 15) is 4.79 Å². The maximum absolute atomic E-state index is 11.5. The third kappa shape index (κ3) is 1.92. The fourth-order valence-corrected chi connectivity index (χ4v) is 1.41. The van der Waals surface area contributed by atoms with Gasteiger partial charge in [0.25, 0.3) is 5.91 Å². The molecule has 1 aromatic rings. The van der Waals surface area contributed by atoms with Crippen molar-refractivity contribution < 1.29 is 4.79 Å². The van der Waals surface area contributed by atoms with Gasteiger partial charge in [0.15, 0.2) is 0 Å². The molecule has 0 radical (unpaired) electrons. The number of carbonyl (C=O) groups excluding carboxylic acids is 1. The predicted octanol–water partition coefficient (Wildman–Crippen LogP) is 1.74. The molecule has 1 amide bonds. The second-order valence-corrected chi connectivity index (χ2v) is 2.97. The fraction of sp³-hybridized carbons (Fsp3) is 0.455. The average molecular weight is 192 g/mol. The first kappa shape index (κ1) is 10.7. The third-order valence-corrected chi connectivity index (χ3v) is 2.15. The molecule has 0 aliphatic carbocycles. The Bertz CT molecular complexity index is 323. The molecule has 0 spiro atoms. The average Bonchev–Trinajstić information content (AvgIpc) is 2.27. The van der Waals surface area contributed by atoms with E-state index in [1.807, 2.05) is 27.0 Å². The highest BCUT2D eigenvalue weighted by atomic mass is 16.2. The maximum Gasteiger partial charge on any atom is 0.255 e. The van der Waals surface area contributed by atoms with Gasteiger partial charge in [-0.1, -0.05) is 13.8 Å². The molecule has 0 bridgehead atoms. The Morgan fingerprint density at radius 1 is 1.43 bits per heavy atom. The summed E-state index contributed by atoms with van der Waals surface area (Å²) in [6.45, 7) is 4.78. The highest BCUT2D eigenvalue weighted by Gasteiger charge is 2.21. The maximum atomic E-state index is 11.5. The number of rotatable bonds is 0. The van der Waals surface area contributed by atoms with Crippen molar-refractivity contribution in [3.8, 4) is 0 Å². The van der Waals surface area contributed by atoms with Crippen LogP contribution in [0.15, 0.2) is 18.3 Å². The van der Waals surface area contributed by atoms with Crippen LogP contribution in [0.4, 0.5) is 0 Å². The number of nitrogens with zero attached hydrogens (tertiary/aromatic N) is 2. The van der Waals surface area contributed by atoms with E-state index in [1.54, 1.807) is 17.2 Å². The summed E-state index contributed by atoms with van der Waals surface area (Å²) < 4.78 is 0. The molecule has 1 aliphatic heterocycles. The van der Waals surface area contributed by atoms with Crippen molar-refractivity contribution in [2.75, 3.05) is 13.6 Å². The van der Waals surface area contributed by atoms with E-state index >= 15 is 0 Å². The van der Waals surface area contributed by atoms with Gasteiger partial charge in [-0.3, -0.25) is 9.78 Å². The molecule has 3 heteroatoms. The van der Waals surface area contributed by atoms with Crippen LogP contribution in [0.25, 0.3) is 0 Å². The van der Waals surface area contributed by atoms with Gasteiger partial charge in [-0.25, -0.2) is 0 Å². The van der Waals surface area contributed by atoms with Gasteiger partial charge in [-0.2, -0.15) is 0 Å². The van der Waals surface area contributed by atoms with E-state index < -0.39 is 0 Å². The first-order valence-corrected chi connectivity index (χ1v) is 4.98. The van der Waals surface area contributed by atoms with Crippen LogP contribution in [0.3, 0.4) is 0 Å². The van der Waals surface area contributed by atoms with E-state index in [-0.39, 0.29) is 5.91 Å². The zero-order valence-electron chi connectivity index (χ0n) is 8.95. The Labute approximate surface area is 84.8 Å². The fourth-order valence-electron chi connectivity index (χ4n) is 1.41. The van der Waals surface area contributed by atoms with E-state index in [4.69, 9.17) is 0 Å². The Hall–Kier alpha value is -1.38. The first-order valence-electron chi connectivity index (χ1n) is 4.98. The van der Waals surface area contributed by atoms with Crippen molar-refractivity contribution >= 4 is 5.91 Å². The molecule has 0 saturated carbocycles. The highest BCUT2D eigenvalue weighted by Crippen LogP contribution is 2.14. The normalized spacial score (nSPS) is 14.2. The van der Waals surface area contributed by atoms with E-state index in [0.717, 1.165) is 24.2 Å². The lowest BCUT2D eigenvalue weighted by atomic mass is 10.1. The molecule has 3 nitrogen and oxygen atoms in total. The molecule has 0 fully saturated rings. The number of aromatic nitrogens is 1. The Morgan fingerprint density at radius 2 is 2.14 bits per heavy atom. The summed E-state index contributed by atoms with van der Waals surface area (Å²) in [5, 5.41) is 0. The lowest BCUT2D eigenvalue weighted by Gasteiger charge is -2.23. The molecule has 2 heterocycles. The molecule has 0 N–H and O–H groups in total. The molecule has 0 atom stereocenters. The summed E-state index contributed by atoms with van der Waals surface area (Å²) in [6.07, 6.45) is 2.61. The van der Waals surface area contributed by atoms with Gasteiger partial charge in [0.2, 0.25) is 0 Å². The lowest BCUT2D eigenvalue weighted by Crippen LogP contribution is -2.34. The largest absolute Gasteiger partial charge is 0.341 e. The van der Waals surface area contributed by atoms with Crippen LogP contribution in [0.2, 0.25) is 0 Å². The number of hydrogen-bond donors (Lipinski definition) is 0. The number of likely N-dealkylation sites (N-methyl/N-ethyl adjacent to an activating group) is 1. The minimum atomic E-state index is 0.0874. The van der Waals surface area contributed by atoms with Crippen molar-refractivity contribution in [2.24, 2.45) is 0 Å². The topological polar surface area (TPSA) is 33.2 Å². The number of pyridine rings is 1. The second kappa shape index (κ2) is 4.74. The summed E-state index contributed by atoms with van der Waals surface area (Å²) >= 11 is 0. The Morgan fingerprint density at radius 3 is 2.86 bits per heavy atom. The van der Waals surface area contributed by atoms with Crippen LogP contribution in [0.5, 0.6) is 0 Å². The van der Waals surface area contributed by atoms with Crippen molar-refractivity contribution in [2.45, 2.75) is 20.3 Å². The number of hydrogen-bond acceptors (Lipinski definition) is 2. The lowest BCUT2D eigenvalue weighted by molar-refractivity contribution is 0.0779. The molecule has 0 aromatic carbocycles. The van der Waals surface area contributed by atoms with E-state index in [2.05, 4.69) is 4.98 Å². The van der Waals surface area contributed by atoms with Crippen LogP contribution >= 0.6 is 0 Å². The number of carbonyl (C=O) groups is 1. The molecule has 2 rings (SSSR count). The summed E-state index contributed by atoms with van der Waals surface area (Å²) in [5.74, 6) is 0.0874. The van der Waals surface area contributed by atoms with Crippen LogP contribution in [-0.2, 0) is 6.42 Å². The Kier molecular flexibility index (Phi) is 3.63. The summed E-state index contributed by atoms with van der Waals surface area (Å²) in [6, 6.07) is 3.64. The monoisotopic (exact) mass is 192 g/mol. The van der Waals surface area contributed by atoms with Crippen molar-refractivity contribution in [1.29, 1.82) is 0 Å². The second-order valence-electron chi connectivity index (χ2n) is 2.97. The minimum Gasteiger partial charge on any atom is -0.341 e. The van der Waals surface area contributed by atoms with Crippen LogP contribution in [0.1, 0.15) is 29.9 Å². The zero-order chi connectivity index (χ0) is 10.6. The molecular weight excluding hydrogens is 176 g/mol. The molecule has 0 saturated heterocycles. The van der Waals surface area contributed by atoms with E-state index in [0.29, 0.717) is 0 Å². The Balaban J connectivity index is 0.000000461. The zero-order valence-corrected chi connectivity index (χ0v) is 8.95. The van der Waals surface area contributed by atoms with Gasteiger partial charge in [-0.05, 0) is 12.1 Å². The summed E-state index contributed by atoms with van der Waals surface area (Å²) in [7, 11) is 1.82. The third-order valence-electron chi connectivity index (χ3n) is 2.15. The summed E-state index contributed by atoms with van der Waals surface area (Å²) in [4.78, 5) is 17.4. The standard InChI is InChI=1S/C9H10N2O.C2H6/c1-11-6-4-8-7(9(11)12)3-2-5-10-8;1-2/h2-3,5H,4,6H2,1H3;1-2H3. The van der Waals surface area contributed by atoms with Gasteiger partial charge in [0.05, 0.1) is 11.3 Å². The first-order chi connectivity index (χ1) is 6.79. The quantitative estimate of drug-likeness (QED) is 0.627. The van der Waals surface area contributed by atoms with Gasteiger partial charge in [0, 0.05) is 26.2 Å². The van der Waals surface area contributed by atoms with Crippen molar-refractivity contribution in [3.05, 3.63) is 29.6 Å². The number of fused-ring (bicyclic) bond motifs is 1. The number of amides is 1. The summed E-state index contributed by atoms with van der Waals surface area (Å²) in [5.41, 5.74) is 1.69. The van der Waals surface area contributed by atoms with Crippen molar-refractivity contribution in [1.82, 2.24) is 9.88 Å². The predicted molar refractivity (Wildman–Crippen MR) is 56.2 cm³/mol. The SMILES string of the molecule is CC.CN1CCc2ncccc2C1=O. The van der Waals surface area contributed by atoms with E-state index in [1.165, 1.54) is 0 Å². The smallest absolute Gasteiger partial charge is 0.255 e. The molecular formula is C11H16N2O. The van der Waals surface area contributed by atoms with Gasteiger partial charge in [-0.15, -0.1) is 0 Å². The van der Waals surface area contributed by atoms with Gasteiger partial charge in [0.1, 0.15) is 0 Å². The van der Waals surface area contributed by atoms with Crippen molar-refractivity contribution in [3.63, 3.8) is 0 Å². The van der Waals surface area contributed by atoms with Crippen LogP contribution in [-0.4, -0.2) is 29.4 Å². The van der Waals surface area contributed by atoms with Gasteiger partial charge < -0.3 is 4.90 Å². The molecule has 14 heavy (non-hydrogen) atoms. The molecule has 76 valence electrons. The van der Waals surface area contributed by atoms with Crippen LogP contribution < -0.4 is 0 Å². The van der Waals surface area contributed by atoms with Crippen LogP contribution in [0, 0.1) is 0 Å². The highest BCUT2D eigenvalue weighted by molar-refractivity contribution is 5.95. The minimum absolute atomic E-state index is 0.0874.